The molecule has 1 unspecified atom stereocenters. The van der Waals surface area contributed by atoms with Gasteiger partial charge in [-0.1, -0.05) is 6.42 Å². The Balaban J connectivity index is 2.00. The molecule has 20 heavy (non-hydrogen) atoms. The number of thioether (sulfide) groups is 1. The number of hydrogen-bond donors (Lipinski definition) is 2. The summed E-state index contributed by atoms with van der Waals surface area (Å²) in [6, 6.07) is 3.09. The van der Waals surface area contributed by atoms with Crippen LogP contribution in [0.15, 0.2) is 23.2 Å². The average molecular weight is 315 g/mol. The summed E-state index contributed by atoms with van der Waals surface area (Å²) >= 11 is 1.86. The van der Waals surface area contributed by atoms with Crippen molar-refractivity contribution in [3.8, 4) is 0 Å². The highest BCUT2D eigenvalue weighted by molar-refractivity contribution is 8.00. The van der Waals surface area contributed by atoms with E-state index in [1.165, 1.54) is 25.1 Å². The second-order valence-corrected chi connectivity index (χ2v) is 7.92. The Morgan fingerprint density at radius 2 is 2.30 bits per heavy atom. The van der Waals surface area contributed by atoms with Crippen molar-refractivity contribution >= 4 is 27.6 Å². The highest BCUT2D eigenvalue weighted by Gasteiger charge is 2.19. The summed E-state index contributed by atoms with van der Waals surface area (Å²) in [5, 5.41) is 3.41. The number of nitrogens with zero attached hydrogens (tertiary/aromatic N) is 1. The maximum absolute atomic E-state index is 12.3. The fourth-order valence-corrected chi connectivity index (χ4v) is 4.55. The van der Waals surface area contributed by atoms with Crippen LogP contribution in [0.1, 0.15) is 26.2 Å². The lowest BCUT2D eigenvalue weighted by Gasteiger charge is -2.21. The Morgan fingerprint density at radius 1 is 1.45 bits per heavy atom. The third kappa shape index (κ3) is 4.36. The summed E-state index contributed by atoms with van der Waals surface area (Å²) in [5.41, 5.74) is 0. The molecular weight excluding hydrogens is 294 g/mol. The van der Waals surface area contributed by atoms with Gasteiger partial charge in [-0.15, -0.1) is 0 Å². The molecule has 1 aromatic heterocycles. The number of anilines is 1. The van der Waals surface area contributed by atoms with Crippen LogP contribution in [0.2, 0.25) is 0 Å². The van der Waals surface area contributed by atoms with E-state index < -0.39 is 10.0 Å². The largest absolute Gasteiger partial charge is 0.370 e. The first-order valence-corrected chi connectivity index (χ1v) is 9.46. The summed E-state index contributed by atoms with van der Waals surface area (Å²) in [4.78, 5) is 4.35. The Hall–Kier alpha value is -0.790. The minimum absolute atomic E-state index is 0.268. The third-order valence-corrected chi connectivity index (χ3v) is 5.99. The molecule has 1 aliphatic rings. The SMILES string of the molecule is CCNc1cc(S(=O)(=O)NCC2CCCCS2)ccn1. The van der Waals surface area contributed by atoms with Crippen molar-refractivity contribution in [3.05, 3.63) is 18.3 Å². The fraction of sp³-hybridized carbons (Fsp3) is 0.615. The lowest BCUT2D eigenvalue weighted by atomic mass is 10.2. The standard InChI is InChI=1S/C13H21N3O2S2/c1-2-14-13-9-12(6-7-15-13)20(17,18)16-10-11-5-3-4-8-19-11/h6-7,9,11,16H,2-5,8,10H2,1H3,(H,14,15). The number of hydrogen-bond acceptors (Lipinski definition) is 5. The van der Waals surface area contributed by atoms with Gasteiger partial charge in [-0.25, -0.2) is 18.1 Å². The molecule has 0 radical (unpaired) electrons. The molecule has 2 rings (SSSR count). The van der Waals surface area contributed by atoms with Gasteiger partial charge >= 0.3 is 0 Å². The summed E-state index contributed by atoms with van der Waals surface area (Å²) in [7, 11) is -3.44. The van der Waals surface area contributed by atoms with Crippen LogP contribution in [-0.4, -0.2) is 37.5 Å². The minimum Gasteiger partial charge on any atom is -0.370 e. The molecule has 1 aliphatic heterocycles. The van der Waals surface area contributed by atoms with E-state index in [1.54, 1.807) is 6.07 Å². The van der Waals surface area contributed by atoms with E-state index >= 15 is 0 Å². The first kappa shape index (κ1) is 15.6. The van der Waals surface area contributed by atoms with Crippen LogP contribution in [0, 0.1) is 0 Å². The Kier molecular flexibility index (Phi) is 5.68. The van der Waals surface area contributed by atoms with Crippen LogP contribution < -0.4 is 10.0 Å². The average Bonchev–Trinajstić information content (AvgIpc) is 2.47. The zero-order chi connectivity index (χ0) is 14.4. The molecule has 0 saturated carbocycles. The van der Waals surface area contributed by atoms with Gasteiger partial charge in [-0.2, -0.15) is 11.8 Å². The Morgan fingerprint density at radius 3 is 3.00 bits per heavy atom. The maximum atomic E-state index is 12.3. The van der Waals surface area contributed by atoms with E-state index in [4.69, 9.17) is 0 Å². The number of aromatic nitrogens is 1. The van der Waals surface area contributed by atoms with Crippen molar-refractivity contribution in [2.45, 2.75) is 36.3 Å². The summed E-state index contributed by atoms with van der Waals surface area (Å²) in [6.07, 6.45) is 5.04. The van der Waals surface area contributed by atoms with Crippen molar-refractivity contribution in [3.63, 3.8) is 0 Å². The van der Waals surface area contributed by atoms with Gasteiger partial charge in [0.15, 0.2) is 0 Å². The van der Waals surface area contributed by atoms with Crippen molar-refractivity contribution in [1.29, 1.82) is 0 Å². The van der Waals surface area contributed by atoms with Gasteiger partial charge in [0.25, 0.3) is 0 Å². The van der Waals surface area contributed by atoms with Crippen molar-refractivity contribution in [2.75, 3.05) is 24.2 Å². The number of nitrogens with one attached hydrogen (secondary N) is 2. The summed E-state index contributed by atoms with van der Waals surface area (Å²) < 4.78 is 27.2. The van der Waals surface area contributed by atoms with Gasteiger partial charge in [0.1, 0.15) is 5.82 Å². The predicted octanol–water partition coefficient (Wildman–Crippen LogP) is 2.08. The van der Waals surface area contributed by atoms with Gasteiger partial charge in [-0.3, -0.25) is 0 Å². The van der Waals surface area contributed by atoms with E-state index in [2.05, 4.69) is 15.0 Å². The molecular formula is C13H21N3O2S2. The highest BCUT2D eigenvalue weighted by Crippen LogP contribution is 2.24. The molecule has 112 valence electrons. The second-order valence-electron chi connectivity index (χ2n) is 4.75. The number of sulfonamides is 1. The molecule has 1 atom stereocenters. The molecule has 1 saturated heterocycles. The number of rotatable bonds is 6. The van der Waals surface area contributed by atoms with E-state index in [0.717, 1.165) is 12.2 Å². The van der Waals surface area contributed by atoms with E-state index in [9.17, 15) is 8.42 Å². The third-order valence-electron chi connectivity index (χ3n) is 3.17. The zero-order valence-electron chi connectivity index (χ0n) is 11.6. The summed E-state index contributed by atoms with van der Waals surface area (Å²) in [5.74, 6) is 1.72. The monoisotopic (exact) mass is 315 g/mol. The van der Waals surface area contributed by atoms with Crippen LogP contribution in [0.4, 0.5) is 5.82 Å². The molecule has 0 aliphatic carbocycles. The molecule has 5 nitrogen and oxygen atoms in total. The molecule has 0 spiro atoms. The van der Waals surface area contributed by atoms with Crippen LogP contribution >= 0.6 is 11.8 Å². The molecule has 0 bridgehead atoms. The normalized spacial score (nSPS) is 19.8. The molecule has 1 aromatic rings. The van der Waals surface area contributed by atoms with Gasteiger partial charge in [0.2, 0.25) is 10.0 Å². The smallest absolute Gasteiger partial charge is 0.240 e. The molecule has 2 N–H and O–H groups in total. The van der Waals surface area contributed by atoms with Gasteiger partial charge in [-0.05, 0) is 31.6 Å². The topological polar surface area (TPSA) is 71.1 Å². The molecule has 0 aromatic carbocycles. The molecule has 7 heteroatoms. The first-order valence-electron chi connectivity index (χ1n) is 6.93. The van der Waals surface area contributed by atoms with Crippen molar-refractivity contribution < 1.29 is 8.42 Å². The quantitative estimate of drug-likeness (QED) is 0.841. The minimum atomic E-state index is -3.44. The fourth-order valence-electron chi connectivity index (χ4n) is 2.11. The van der Waals surface area contributed by atoms with Gasteiger partial charge < -0.3 is 5.32 Å². The van der Waals surface area contributed by atoms with Crippen LogP contribution in [0.5, 0.6) is 0 Å². The second kappa shape index (κ2) is 7.28. The Labute approximate surface area is 125 Å². The molecule has 0 amide bonds. The van der Waals surface area contributed by atoms with Gasteiger partial charge in [0, 0.05) is 30.6 Å². The predicted molar refractivity (Wildman–Crippen MR) is 83.7 cm³/mol. The number of pyridine rings is 1. The van der Waals surface area contributed by atoms with Crippen LogP contribution in [-0.2, 0) is 10.0 Å². The maximum Gasteiger partial charge on any atom is 0.240 e. The summed E-state index contributed by atoms with van der Waals surface area (Å²) in [6.45, 7) is 3.16. The van der Waals surface area contributed by atoms with E-state index in [1.807, 2.05) is 18.7 Å². The van der Waals surface area contributed by atoms with Crippen LogP contribution in [0.25, 0.3) is 0 Å². The molecule has 1 fully saturated rings. The zero-order valence-corrected chi connectivity index (χ0v) is 13.3. The van der Waals surface area contributed by atoms with Crippen LogP contribution in [0.3, 0.4) is 0 Å². The van der Waals surface area contributed by atoms with E-state index in [0.29, 0.717) is 24.2 Å². The lowest BCUT2D eigenvalue weighted by Crippen LogP contribution is -2.32. The van der Waals surface area contributed by atoms with Crippen molar-refractivity contribution in [1.82, 2.24) is 9.71 Å². The lowest BCUT2D eigenvalue weighted by molar-refractivity contribution is 0.573. The Bertz CT molecular complexity index is 528. The van der Waals surface area contributed by atoms with Gasteiger partial charge in [0.05, 0.1) is 4.90 Å². The molecule has 2 heterocycles. The highest BCUT2D eigenvalue weighted by atomic mass is 32.2. The first-order chi connectivity index (χ1) is 9.62. The van der Waals surface area contributed by atoms with E-state index in [-0.39, 0.29) is 4.90 Å². The van der Waals surface area contributed by atoms with Crippen molar-refractivity contribution in [2.24, 2.45) is 0 Å².